The predicted molar refractivity (Wildman–Crippen MR) is 141 cm³/mol. The second kappa shape index (κ2) is 30.2. The van der Waals surface area contributed by atoms with Gasteiger partial charge in [0.05, 0.1) is 0 Å². The second-order valence-corrected chi connectivity index (χ2v) is 25.2. The molecule has 0 spiro atoms. The summed E-state index contributed by atoms with van der Waals surface area (Å²) in [6.45, 7) is 14.0. The van der Waals surface area contributed by atoms with Crippen molar-refractivity contribution < 1.29 is 0 Å². The number of rotatable bonds is 18. The first-order valence-electron chi connectivity index (χ1n) is 12.4. The van der Waals surface area contributed by atoms with E-state index in [1.54, 1.807) is 26.6 Å². The van der Waals surface area contributed by atoms with Crippen LogP contribution in [0.2, 0.25) is 26.6 Å². The van der Waals surface area contributed by atoms with Gasteiger partial charge in [-0.05, 0) is 0 Å². The summed E-state index contributed by atoms with van der Waals surface area (Å²) in [6.07, 6.45) is 17.7. The molecule has 0 aliphatic carbocycles. The van der Waals surface area contributed by atoms with Crippen molar-refractivity contribution in [2.45, 2.75) is 145 Å². The van der Waals surface area contributed by atoms with Crippen LogP contribution in [0.4, 0.5) is 0 Å². The molecular weight excluding hydrogens is 557 g/mol. The molecule has 166 valence electrons. The third-order valence-corrected chi connectivity index (χ3v) is 23.5. The van der Waals surface area contributed by atoms with Crippen molar-refractivity contribution in [1.82, 2.24) is 0 Å². The van der Waals surface area contributed by atoms with Gasteiger partial charge < -0.3 is 0 Å². The molecule has 0 rings (SSSR count). The second-order valence-electron chi connectivity index (χ2n) is 8.12. The Labute approximate surface area is 193 Å². The molecule has 27 heavy (non-hydrogen) atoms. The maximum atomic E-state index is 2.33. The molecule has 0 heterocycles. The van der Waals surface area contributed by atoms with E-state index < -0.39 is 39.5 Å². The summed E-state index contributed by atoms with van der Waals surface area (Å²) in [5.41, 5.74) is 0. The summed E-state index contributed by atoms with van der Waals surface area (Å²) < 4.78 is 10.1. The van der Waals surface area contributed by atoms with Crippen LogP contribution >= 0.6 is 9.90 Å². The van der Waals surface area contributed by atoms with Crippen LogP contribution < -0.4 is 0 Å². The Morgan fingerprint density at radius 2 is 0.481 bits per heavy atom. The Morgan fingerprint density at radius 1 is 0.333 bits per heavy atom. The normalized spacial score (nSPS) is 10.7. The van der Waals surface area contributed by atoms with Crippen molar-refractivity contribution in [1.29, 1.82) is 0 Å². The zero-order valence-corrected chi connectivity index (χ0v) is 27.6. The van der Waals surface area contributed by atoms with Gasteiger partial charge in [-0.1, -0.05) is 0 Å². The van der Waals surface area contributed by atoms with Crippen LogP contribution in [-0.4, -0.2) is 39.5 Å². The van der Waals surface area contributed by atoms with Gasteiger partial charge in [-0.2, -0.15) is 9.90 Å². The van der Waals surface area contributed by atoms with Gasteiger partial charge in [0, 0.05) is 0 Å². The molecule has 1 unspecified atom stereocenters. The summed E-state index contributed by atoms with van der Waals surface area (Å²) in [5, 5.41) is 0. The van der Waals surface area contributed by atoms with E-state index >= 15 is 0 Å². The quantitative estimate of drug-likeness (QED) is 0.107. The largest absolute Gasteiger partial charge is 0.153 e. The molecule has 0 fully saturated rings. The first-order valence-corrected chi connectivity index (χ1v) is 24.5. The van der Waals surface area contributed by atoms with Gasteiger partial charge in [0.1, 0.15) is 0 Å². The molecule has 0 saturated heterocycles. The van der Waals surface area contributed by atoms with Gasteiger partial charge in [0.25, 0.3) is 0 Å². The molecule has 0 bridgehead atoms. The van der Waals surface area contributed by atoms with Gasteiger partial charge in [0.15, 0.2) is 0 Å². The fourth-order valence-electron chi connectivity index (χ4n) is 3.31. The van der Waals surface area contributed by atoms with Crippen LogP contribution in [0, 0.1) is 0 Å². The smallest absolute Gasteiger partial charge is 0.153 e. The molecule has 0 aromatic carbocycles. The molecule has 1 atom stereocenters. The Morgan fingerprint density at radius 3 is 0.593 bits per heavy atom. The van der Waals surface area contributed by atoms with Crippen LogP contribution in [0.5, 0.6) is 0 Å². The molecule has 0 N–H and O–H groups in total. The van der Waals surface area contributed by atoms with E-state index in [-0.39, 0.29) is 9.90 Å². The Kier molecular flexibility index (Phi) is 37.7. The molecule has 3 heteroatoms. The Balaban J connectivity index is -0.000000411. The van der Waals surface area contributed by atoms with E-state index in [9.17, 15) is 0 Å². The third kappa shape index (κ3) is 28.0. The molecule has 0 aliphatic heterocycles. The maximum Gasteiger partial charge on any atom is -0.153 e. The van der Waals surface area contributed by atoms with Crippen molar-refractivity contribution in [3.63, 3.8) is 0 Å². The summed E-state index contributed by atoms with van der Waals surface area (Å²) in [5.74, 6) is 0. The molecule has 0 amide bonds. The standard InChI is InChI=1S/6C4H9.H3P.2Sn/c6*1-3-4-2;;;/h6*1,3-4H2,2H3;1H3;;. The summed E-state index contributed by atoms with van der Waals surface area (Å²) in [6, 6.07) is 0. The topological polar surface area (TPSA) is 0 Å². The zero-order chi connectivity index (χ0) is 19.9. The van der Waals surface area contributed by atoms with Crippen molar-refractivity contribution >= 4 is 49.4 Å². The van der Waals surface area contributed by atoms with Gasteiger partial charge in [0.2, 0.25) is 0 Å². The third-order valence-electron chi connectivity index (χ3n) is 5.30. The van der Waals surface area contributed by atoms with Crippen LogP contribution in [0.15, 0.2) is 0 Å². The fraction of sp³-hybridized carbons (Fsp3) is 1.00. The Bertz CT molecular complexity index is 174. The van der Waals surface area contributed by atoms with E-state index in [2.05, 4.69) is 41.5 Å². The minimum Gasteiger partial charge on any atom is -0.153 e. The van der Waals surface area contributed by atoms with Gasteiger partial charge in [-0.3, -0.25) is 0 Å². The maximum absolute atomic E-state index is 2.33. The van der Waals surface area contributed by atoms with Crippen LogP contribution in [0.25, 0.3) is 0 Å². The van der Waals surface area contributed by atoms with E-state index in [1.807, 2.05) is 0 Å². The minimum atomic E-state index is -0.839. The van der Waals surface area contributed by atoms with Gasteiger partial charge in [-0.25, -0.2) is 0 Å². The molecule has 0 aromatic heterocycles. The molecular formula is C24H57PSn2. The Hall–Kier alpha value is 2.03. The minimum absolute atomic E-state index is 0. The number of hydrogen-bond donors (Lipinski definition) is 0. The van der Waals surface area contributed by atoms with Crippen LogP contribution in [-0.2, 0) is 0 Å². The summed E-state index contributed by atoms with van der Waals surface area (Å²) in [4.78, 5) is 0. The number of hydrogen-bond acceptors (Lipinski definition) is 0. The number of unbranched alkanes of at least 4 members (excludes halogenated alkanes) is 6. The molecule has 0 aliphatic rings. The first kappa shape index (κ1) is 33.7. The van der Waals surface area contributed by atoms with Crippen molar-refractivity contribution in [3.05, 3.63) is 0 Å². The molecule has 0 aromatic rings. The SMILES string of the molecule is CCC[CH2][Sn]([CH2]CCC)[CH2]CCC.CCC[CH2][Sn]([CH2]CCC)[CH2]CCC.P. The van der Waals surface area contributed by atoms with Crippen molar-refractivity contribution in [2.75, 3.05) is 0 Å². The average molecular weight is 614 g/mol. The summed E-state index contributed by atoms with van der Waals surface area (Å²) in [7, 11) is 0. The van der Waals surface area contributed by atoms with Crippen molar-refractivity contribution in [2.24, 2.45) is 0 Å². The molecule has 0 saturated carbocycles. The fourth-order valence-corrected chi connectivity index (χ4v) is 22.2. The molecule has 0 nitrogen and oxygen atoms in total. The van der Waals surface area contributed by atoms with E-state index in [0.29, 0.717) is 0 Å². The zero-order valence-electron chi connectivity index (χ0n) is 20.4. The van der Waals surface area contributed by atoms with Gasteiger partial charge >= 0.3 is 185 Å². The van der Waals surface area contributed by atoms with E-state index in [1.165, 1.54) is 77.0 Å². The van der Waals surface area contributed by atoms with Crippen molar-refractivity contribution in [3.8, 4) is 0 Å². The van der Waals surface area contributed by atoms with E-state index in [0.717, 1.165) is 0 Å². The average Bonchev–Trinajstić information content (AvgIpc) is 2.67. The monoisotopic (exact) mass is 616 g/mol. The van der Waals surface area contributed by atoms with Crippen LogP contribution in [0.1, 0.15) is 119 Å². The summed E-state index contributed by atoms with van der Waals surface area (Å²) >= 11 is -1.68. The first-order chi connectivity index (χ1) is 12.7. The van der Waals surface area contributed by atoms with E-state index in [4.69, 9.17) is 0 Å². The van der Waals surface area contributed by atoms with Crippen LogP contribution in [0.3, 0.4) is 0 Å². The van der Waals surface area contributed by atoms with Gasteiger partial charge in [-0.15, -0.1) is 0 Å². The predicted octanol–water partition coefficient (Wildman–Crippen LogP) is 9.82. The molecule has 2 radical (unpaired) electrons.